The summed E-state index contributed by atoms with van der Waals surface area (Å²) in [6.07, 6.45) is 6.56. The number of carbonyl (C=O) groups is 1. The van der Waals surface area contributed by atoms with Gasteiger partial charge in [-0.15, -0.1) is 0 Å². The van der Waals surface area contributed by atoms with Crippen molar-refractivity contribution in [1.29, 1.82) is 0 Å². The van der Waals surface area contributed by atoms with Gasteiger partial charge in [0.25, 0.3) is 0 Å². The predicted octanol–water partition coefficient (Wildman–Crippen LogP) is 2.42. The van der Waals surface area contributed by atoms with Crippen LogP contribution in [0, 0.1) is 5.92 Å². The SMILES string of the molecule is NC1CCCC(C(=O)NCc2ccccc2CN2CCCC2)C1. The summed E-state index contributed by atoms with van der Waals surface area (Å²) < 4.78 is 0. The van der Waals surface area contributed by atoms with E-state index in [0.29, 0.717) is 6.54 Å². The molecular weight excluding hydrogens is 286 g/mol. The van der Waals surface area contributed by atoms with Gasteiger partial charge < -0.3 is 11.1 Å². The molecule has 0 bridgehead atoms. The molecule has 2 aliphatic rings. The maximum absolute atomic E-state index is 12.4. The molecule has 1 aromatic carbocycles. The van der Waals surface area contributed by atoms with Crippen molar-refractivity contribution in [2.24, 2.45) is 11.7 Å². The first-order valence-electron chi connectivity index (χ1n) is 9.05. The lowest BCUT2D eigenvalue weighted by Gasteiger charge is -2.26. The van der Waals surface area contributed by atoms with Crippen molar-refractivity contribution in [1.82, 2.24) is 10.2 Å². The summed E-state index contributed by atoms with van der Waals surface area (Å²) in [6, 6.07) is 8.68. The number of rotatable bonds is 5. The van der Waals surface area contributed by atoms with Crippen LogP contribution in [0.4, 0.5) is 0 Å². The molecule has 1 saturated carbocycles. The molecule has 0 spiro atoms. The van der Waals surface area contributed by atoms with Gasteiger partial charge in [-0.1, -0.05) is 30.7 Å². The molecule has 2 unspecified atom stereocenters. The van der Waals surface area contributed by atoms with Gasteiger partial charge in [-0.3, -0.25) is 9.69 Å². The minimum Gasteiger partial charge on any atom is -0.352 e. The van der Waals surface area contributed by atoms with E-state index in [1.54, 1.807) is 0 Å². The summed E-state index contributed by atoms with van der Waals surface area (Å²) in [4.78, 5) is 14.9. The molecule has 3 N–H and O–H groups in total. The van der Waals surface area contributed by atoms with Gasteiger partial charge in [-0.2, -0.15) is 0 Å². The normalized spacial score (nSPS) is 25.4. The van der Waals surface area contributed by atoms with Crippen LogP contribution in [0.1, 0.15) is 49.7 Å². The van der Waals surface area contributed by atoms with Crippen molar-refractivity contribution >= 4 is 5.91 Å². The number of amides is 1. The van der Waals surface area contributed by atoms with E-state index >= 15 is 0 Å². The van der Waals surface area contributed by atoms with Crippen LogP contribution in [0.3, 0.4) is 0 Å². The number of nitrogens with two attached hydrogens (primary N) is 1. The van der Waals surface area contributed by atoms with Crippen molar-refractivity contribution in [3.63, 3.8) is 0 Å². The third kappa shape index (κ3) is 4.55. The van der Waals surface area contributed by atoms with Crippen LogP contribution in [0.2, 0.25) is 0 Å². The number of nitrogens with one attached hydrogen (secondary N) is 1. The van der Waals surface area contributed by atoms with E-state index in [2.05, 4.69) is 34.5 Å². The van der Waals surface area contributed by atoms with Crippen molar-refractivity contribution in [2.75, 3.05) is 13.1 Å². The Bertz CT molecular complexity index is 525. The minimum absolute atomic E-state index is 0.101. The summed E-state index contributed by atoms with van der Waals surface area (Å²) >= 11 is 0. The second-order valence-corrected chi connectivity index (χ2v) is 7.09. The number of hydrogen-bond acceptors (Lipinski definition) is 3. The molecule has 4 heteroatoms. The summed E-state index contributed by atoms with van der Waals surface area (Å²) in [5.74, 6) is 0.278. The average molecular weight is 315 g/mol. The van der Waals surface area contributed by atoms with Crippen molar-refractivity contribution in [2.45, 2.75) is 57.7 Å². The maximum atomic E-state index is 12.4. The van der Waals surface area contributed by atoms with Gasteiger partial charge in [-0.25, -0.2) is 0 Å². The quantitative estimate of drug-likeness (QED) is 0.877. The largest absolute Gasteiger partial charge is 0.352 e. The lowest BCUT2D eigenvalue weighted by Crippen LogP contribution is -2.37. The molecule has 126 valence electrons. The molecule has 1 amide bonds. The number of carbonyl (C=O) groups excluding carboxylic acids is 1. The van der Waals surface area contributed by atoms with Gasteiger partial charge >= 0.3 is 0 Å². The first kappa shape index (κ1) is 16.5. The standard InChI is InChI=1S/C19H29N3O/c20-18-9-5-8-15(12-18)19(23)21-13-16-6-1-2-7-17(16)14-22-10-3-4-11-22/h1-2,6-7,15,18H,3-5,8-14,20H2,(H,21,23). The number of nitrogens with zero attached hydrogens (tertiary/aromatic N) is 1. The Kier molecular flexibility index (Phi) is 5.68. The Balaban J connectivity index is 1.56. The molecule has 2 fully saturated rings. The number of hydrogen-bond donors (Lipinski definition) is 2. The van der Waals surface area contributed by atoms with Gasteiger partial charge in [0, 0.05) is 25.0 Å². The van der Waals surface area contributed by atoms with E-state index in [-0.39, 0.29) is 17.9 Å². The fourth-order valence-electron chi connectivity index (χ4n) is 3.86. The Morgan fingerprint density at radius 3 is 2.61 bits per heavy atom. The smallest absolute Gasteiger partial charge is 0.223 e. The van der Waals surface area contributed by atoms with Gasteiger partial charge in [0.05, 0.1) is 0 Å². The Labute approximate surface area is 139 Å². The molecule has 2 atom stereocenters. The molecular formula is C19H29N3O. The number of likely N-dealkylation sites (tertiary alicyclic amines) is 1. The average Bonchev–Trinajstić information content (AvgIpc) is 3.07. The lowest BCUT2D eigenvalue weighted by molar-refractivity contribution is -0.126. The molecule has 1 aromatic rings. The lowest BCUT2D eigenvalue weighted by atomic mass is 9.85. The van der Waals surface area contributed by atoms with E-state index in [9.17, 15) is 4.79 Å². The zero-order valence-corrected chi connectivity index (χ0v) is 14.0. The molecule has 1 heterocycles. The van der Waals surface area contributed by atoms with Crippen molar-refractivity contribution < 1.29 is 4.79 Å². The summed E-state index contributed by atoms with van der Waals surface area (Å²) in [5.41, 5.74) is 8.59. The predicted molar refractivity (Wildman–Crippen MR) is 92.7 cm³/mol. The molecule has 1 aliphatic heterocycles. The third-order valence-electron chi connectivity index (χ3n) is 5.25. The molecule has 0 aromatic heterocycles. The highest BCUT2D eigenvalue weighted by molar-refractivity contribution is 5.78. The van der Waals surface area contributed by atoms with Crippen molar-refractivity contribution in [3.05, 3.63) is 35.4 Å². The third-order valence-corrected chi connectivity index (χ3v) is 5.25. The van der Waals surface area contributed by atoms with E-state index in [4.69, 9.17) is 5.73 Å². The van der Waals surface area contributed by atoms with E-state index in [1.165, 1.54) is 37.1 Å². The monoisotopic (exact) mass is 315 g/mol. The Morgan fingerprint density at radius 1 is 1.13 bits per heavy atom. The van der Waals surface area contributed by atoms with Gasteiger partial charge in [-0.05, 0) is 56.3 Å². The van der Waals surface area contributed by atoms with Crippen LogP contribution >= 0.6 is 0 Å². The zero-order chi connectivity index (χ0) is 16.1. The van der Waals surface area contributed by atoms with Crippen LogP contribution < -0.4 is 11.1 Å². The second-order valence-electron chi connectivity index (χ2n) is 7.09. The fraction of sp³-hybridized carbons (Fsp3) is 0.632. The summed E-state index contributed by atoms with van der Waals surface area (Å²) in [6.45, 7) is 4.02. The second kappa shape index (κ2) is 7.93. The molecule has 3 rings (SSSR count). The van der Waals surface area contributed by atoms with Crippen LogP contribution in [0.15, 0.2) is 24.3 Å². The minimum atomic E-state index is 0.101. The zero-order valence-electron chi connectivity index (χ0n) is 14.0. The Morgan fingerprint density at radius 2 is 1.87 bits per heavy atom. The van der Waals surface area contributed by atoms with Gasteiger partial charge in [0.1, 0.15) is 0 Å². The van der Waals surface area contributed by atoms with E-state index < -0.39 is 0 Å². The fourth-order valence-corrected chi connectivity index (χ4v) is 3.86. The molecule has 4 nitrogen and oxygen atoms in total. The summed E-state index contributed by atoms with van der Waals surface area (Å²) in [7, 11) is 0. The maximum Gasteiger partial charge on any atom is 0.223 e. The Hall–Kier alpha value is -1.39. The van der Waals surface area contributed by atoms with Crippen LogP contribution in [-0.4, -0.2) is 29.9 Å². The molecule has 1 saturated heterocycles. The number of benzene rings is 1. The van der Waals surface area contributed by atoms with Gasteiger partial charge in [0.15, 0.2) is 0 Å². The van der Waals surface area contributed by atoms with E-state index in [1.807, 2.05) is 0 Å². The van der Waals surface area contributed by atoms with Crippen LogP contribution in [0.25, 0.3) is 0 Å². The topological polar surface area (TPSA) is 58.4 Å². The summed E-state index contributed by atoms with van der Waals surface area (Å²) in [5, 5.41) is 3.14. The van der Waals surface area contributed by atoms with Crippen molar-refractivity contribution in [3.8, 4) is 0 Å². The first-order chi connectivity index (χ1) is 11.2. The molecule has 0 radical (unpaired) electrons. The van der Waals surface area contributed by atoms with Crippen LogP contribution in [0.5, 0.6) is 0 Å². The highest BCUT2D eigenvalue weighted by atomic mass is 16.1. The highest BCUT2D eigenvalue weighted by Crippen LogP contribution is 2.23. The van der Waals surface area contributed by atoms with Crippen LogP contribution in [-0.2, 0) is 17.9 Å². The van der Waals surface area contributed by atoms with Gasteiger partial charge in [0.2, 0.25) is 5.91 Å². The highest BCUT2D eigenvalue weighted by Gasteiger charge is 2.25. The molecule has 1 aliphatic carbocycles. The molecule has 23 heavy (non-hydrogen) atoms. The first-order valence-corrected chi connectivity index (χ1v) is 9.05. The van der Waals surface area contributed by atoms with E-state index in [0.717, 1.165) is 32.2 Å².